The second-order valence-electron chi connectivity index (χ2n) is 7.04. The second kappa shape index (κ2) is 8.49. The first kappa shape index (κ1) is 18.6. The van der Waals surface area contributed by atoms with Crippen molar-refractivity contribution in [3.05, 3.63) is 89.0 Å². The van der Waals surface area contributed by atoms with E-state index < -0.39 is 0 Å². The maximum atomic E-state index is 10.4. The van der Waals surface area contributed by atoms with Crippen LogP contribution in [0.15, 0.2) is 66.7 Å². The third kappa shape index (κ3) is 4.94. The van der Waals surface area contributed by atoms with Crippen LogP contribution < -0.4 is 10.6 Å². The van der Waals surface area contributed by atoms with Crippen molar-refractivity contribution in [3.8, 4) is 5.75 Å². The van der Waals surface area contributed by atoms with Crippen LogP contribution in [0.5, 0.6) is 5.75 Å². The molecular weight excluding hydrogens is 337 g/mol. The molecule has 0 saturated carbocycles. The Hall–Kier alpha value is -2.15. The summed E-state index contributed by atoms with van der Waals surface area (Å²) in [6.45, 7) is 3.04. The first-order chi connectivity index (χ1) is 12.5. The minimum atomic E-state index is 0.386. The maximum absolute atomic E-state index is 10.4. The number of hydrogen-bond acceptors (Lipinski definition) is 2. The molecule has 1 N–H and O–H groups in total. The van der Waals surface area contributed by atoms with Gasteiger partial charge in [-0.25, -0.2) is 0 Å². The van der Waals surface area contributed by atoms with Crippen LogP contribution in [0.4, 0.5) is 0 Å². The van der Waals surface area contributed by atoms with Gasteiger partial charge in [0.2, 0.25) is 0 Å². The van der Waals surface area contributed by atoms with Gasteiger partial charge in [-0.3, -0.25) is 0 Å². The van der Waals surface area contributed by atoms with Crippen molar-refractivity contribution in [1.82, 2.24) is 4.90 Å². The molecule has 3 aromatic rings. The fraction of sp³-hybridized carbons (Fsp3) is 0.217. The van der Waals surface area contributed by atoms with Crippen molar-refractivity contribution >= 4 is 19.2 Å². The van der Waals surface area contributed by atoms with Crippen LogP contribution >= 0.6 is 8.58 Å². The van der Waals surface area contributed by atoms with E-state index in [1.165, 1.54) is 27.6 Å². The summed E-state index contributed by atoms with van der Waals surface area (Å²) in [5, 5.41) is 12.7. The van der Waals surface area contributed by atoms with Gasteiger partial charge in [0.25, 0.3) is 0 Å². The van der Waals surface area contributed by atoms with Crippen molar-refractivity contribution in [2.24, 2.45) is 0 Å². The lowest BCUT2D eigenvalue weighted by atomic mass is 10.1. The molecule has 3 rings (SSSR count). The third-order valence-corrected chi connectivity index (χ3v) is 5.76. The zero-order valence-corrected chi connectivity index (χ0v) is 16.7. The fourth-order valence-corrected chi connectivity index (χ4v) is 4.32. The number of rotatable bonds is 6. The van der Waals surface area contributed by atoms with E-state index in [-0.39, 0.29) is 0 Å². The number of phenols is 1. The first-order valence-electron chi connectivity index (χ1n) is 8.88. The van der Waals surface area contributed by atoms with Crippen molar-refractivity contribution in [2.45, 2.75) is 19.9 Å². The molecule has 134 valence electrons. The second-order valence-corrected chi connectivity index (χ2v) is 8.36. The largest absolute Gasteiger partial charge is 0.507 e. The molecule has 0 spiro atoms. The van der Waals surface area contributed by atoms with E-state index in [0.29, 0.717) is 14.3 Å². The maximum Gasteiger partial charge on any atom is 0.123 e. The van der Waals surface area contributed by atoms with Crippen molar-refractivity contribution in [3.63, 3.8) is 0 Å². The van der Waals surface area contributed by atoms with E-state index in [2.05, 4.69) is 74.4 Å². The third-order valence-electron chi connectivity index (χ3n) is 4.33. The SMILES string of the molecule is Cc1ccc(Pc2cc(Cc3ccccc3)ccc2O)c(CN(C)C)c1. The van der Waals surface area contributed by atoms with Crippen LogP contribution in [-0.2, 0) is 13.0 Å². The molecule has 0 aliphatic rings. The molecule has 3 heteroatoms. The molecule has 0 heterocycles. The molecule has 0 fully saturated rings. The first-order valence-corrected chi connectivity index (χ1v) is 9.88. The molecule has 0 aromatic heterocycles. The van der Waals surface area contributed by atoms with E-state index in [0.717, 1.165) is 18.3 Å². The summed E-state index contributed by atoms with van der Waals surface area (Å²) in [4.78, 5) is 2.19. The number of aromatic hydroxyl groups is 1. The highest BCUT2D eigenvalue weighted by molar-refractivity contribution is 7.55. The Morgan fingerprint density at radius 2 is 1.62 bits per heavy atom. The van der Waals surface area contributed by atoms with E-state index in [9.17, 15) is 5.11 Å². The number of aryl methyl sites for hydroxylation is 1. The predicted octanol–water partition coefficient (Wildman–Crippen LogP) is 3.98. The molecular formula is C23H26NOP. The Labute approximate surface area is 158 Å². The zero-order chi connectivity index (χ0) is 18.5. The standard InChI is InChI=1S/C23H26NOP/c1-17-9-12-22(20(13-17)16-24(2)3)26-23-15-19(10-11-21(23)25)14-18-7-5-4-6-8-18/h4-13,15,25-26H,14,16H2,1-3H3. The Kier molecular flexibility index (Phi) is 6.08. The lowest BCUT2D eigenvalue weighted by Crippen LogP contribution is -2.18. The minimum Gasteiger partial charge on any atom is -0.507 e. The van der Waals surface area contributed by atoms with Crippen LogP contribution in [-0.4, -0.2) is 24.1 Å². The average Bonchev–Trinajstić information content (AvgIpc) is 2.60. The van der Waals surface area contributed by atoms with Gasteiger partial charge in [-0.15, -0.1) is 0 Å². The van der Waals surface area contributed by atoms with Gasteiger partial charge < -0.3 is 10.0 Å². The quantitative estimate of drug-likeness (QED) is 0.670. The molecule has 0 bridgehead atoms. The Balaban J connectivity index is 1.87. The highest BCUT2D eigenvalue weighted by Crippen LogP contribution is 2.23. The smallest absolute Gasteiger partial charge is 0.123 e. The molecule has 0 radical (unpaired) electrons. The number of phenolic OH excluding ortho intramolecular Hbond substituents is 1. The van der Waals surface area contributed by atoms with Crippen LogP contribution in [0.2, 0.25) is 0 Å². The summed E-state index contributed by atoms with van der Waals surface area (Å²) in [7, 11) is 4.63. The lowest BCUT2D eigenvalue weighted by molar-refractivity contribution is 0.403. The Morgan fingerprint density at radius 3 is 2.35 bits per heavy atom. The molecule has 0 saturated heterocycles. The van der Waals surface area contributed by atoms with Gasteiger partial charge in [0.15, 0.2) is 0 Å². The van der Waals surface area contributed by atoms with Crippen molar-refractivity contribution in [2.75, 3.05) is 14.1 Å². The average molecular weight is 363 g/mol. The summed E-state index contributed by atoms with van der Waals surface area (Å²) >= 11 is 0. The van der Waals surface area contributed by atoms with Crippen LogP contribution in [0.3, 0.4) is 0 Å². The molecule has 3 aromatic carbocycles. The van der Waals surface area contributed by atoms with E-state index in [4.69, 9.17) is 0 Å². The van der Waals surface area contributed by atoms with E-state index in [1.807, 2.05) is 18.2 Å². The van der Waals surface area contributed by atoms with Gasteiger partial charge in [0.05, 0.1) is 0 Å². The summed E-state index contributed by atoms with van der Waals surface area (Å²) < 4.78 is 0. The Bertz CT molecular complexity index is 875. The molecule has 0 aliphatic heterocycles. The summed E-state index contributed by atoms with van der Waals surface area (Å²) in [5.74, 6) is 0.386. The molecule has 0 amide bonds. The van der Waals surface area contributed by atoms with E-state index >= 15 is 0 Å². The topological polar surface area (TPSA) is 23.5 Å². The van der Waals surface area contributed by atoms with Gasteiger partial charge in [-0.1, -0.05) is 68.7 Å². The molecule has 1 atom stereocenters. The molecule has 1 unspecified atom stereocenters. The molecule has 26 heavy (non-hydrogen) atoms. The monoisotopic (exact) mass is 363 g/mol. The number of nitrogens with zero attached hydrogens (tertiary/aromatic N) is 1. The Morgan fingerprint density at radius 1 is 0.846 bits per heavy atom. The van der Waals surface area contributed by atoms with E-state index in [1.54, 1.807) is 0 Å². The molecule has 2 nitrogen and oxygen atoms in total. The van der Waals surface area contributed by atoms with Gasteiger partial charge in [-0.2, -0.15) is 0 Å². The predicted molar refractivity (Wildman–Crippen MR) is 114 cm³/mol. The van der Waals surface area contributed by atoms with Crippen LogP contribution in [0.25, 0.3) is 0 Å². The van der Waals surface area contributed by atoms with Crippen molar-refractivity contribution < 1.29 is 5.11 Å². The molecule has 0 aliphatic carbocycles. The van der Waals surface area contributed by atoms with Gasteiger partial charge >= 0.3 is 0 Å². The highest BCUT2D eigenvalue weighted by Gasteiger charge is 2.10. The summed E-state index contributed by atoms with van der Waals surface area (Å²) in [5.41, 5.74) is 5.13. The van der Waals surface area contributed by atoms with Crippen molar-refractivity contribution in [1.29, 1.82) is 0 Å². The van der Waals surface area contributed by atoms with Crippen LogP contribution in [0, 0.1) is 6.92 Å². The summed E-state index contributed by atoms with van der Waals surface area (Å²) in [6, 6.07) is 23.1. The van der Waals surface area contributed by atoms with Crippen LogP contribution in [0.1, 0.15) is 22.3 Å². The number of benzene rings is 3. The van der Waals surface area contributed by atoms with Gasteiger partial charge in [0.1, 0.15) is 5.75 Å². The zero-order valence-electron chi connectivity index (χ0n) is 15.7. The van der Waals surface area contributed by atoms with Gasteiger partial charge in [-0.05, 0) is 61.6 Å². The number of hydrogen-bond donors (Lipinski definition) is 1. The highest BCUT2D eigenvalue weighted by atomic mass is 31.1. The minimum absolute atomic E-state index is 0.386. The summed E-state index contributed by atoms with van der Waals surface area (Å²) in [6.07, 6.45) is 0.886. The van der Waals surface area contributed by atoms with Gasteiger partial charge in [0, 0.05) is 11.8 Å². The normalized spacial score (nSPS) is 11.5. The lowest BCUT2D eigenvalue weighted by Gasteiger charge is -2.16. The fourth-order valence-electron chi connectivity index (χ4n) is 3.09.